The van der Waals surface area contributed by atoms with Crippen LogP contribution in [0.5, 0.6) is 0 Å². The number of thiol groups is 1. The number of hydrogen-bond acceptors (Lipinski definition) is 8. The number of carbonyl (C=O) groups excluding carboxylic acids is 4. The number of carbonyl (C=O) groups is 7. The molecule has 0 saturated carbocycles. The van der Waals surface area contributed by atoms with Gasteiger partial charge in [0.15, 0.2) is 0 Å². The van der Waals surface area contributed by atoms with Crippen LogP contribution in [0.3, 0.4) is 0 Å². The van der Waals surface area contributed by atoms with Gasteiger partial charge in [0.2, 0.25) is 22.8 Å². The Morgan fingerprint density at radius 2 is 0.761 bits per heavy atom. The van der Waals surface area contributed by atoms with Gasteiger partial charge in [0.05, 0.1) is 6.61 Å². The SMILES string of the molecule is O=C(O)CCCCCCCCCCCCCCCCC(=O)N[C@@H](CCC(=O)NC(CCC(=O)NC(CO)C(=O)S)C(=O)O)C(=O)O. The highest BCUT2D eigenvalue weighted by molar-refractivity contribution is 7.96. The van der Waals surface area contributed by atoms with Gasteiger partial charge in [-0.3, -0.25) is 24.0 Å². The largest absolute Gasteiger partial charge is 0.481 e. The molecule has 15 heteroatoms. The highest BCUT2D eigenvalue weighted by Gasteiger charge is 2.25. The molecule has 0 aliphatic rings. The lowest BCUT2D eigenvalue weighted by molar-refractivity contribution is -0.143. The Morgan fingerprint density at radius 3 is 1.07 bits per heavy atom. The first-order valence-corrected chi connectivity index (χ1v) is 16.7. The summed E-state index contributed by atoms with van der Waals surface area (Å²) in [5.74, 6) is -5.39. The predicted molar refractivity (Wildman–Crippen MR) is 172 cm³/mol. The van der Waals surface area contributed by atoms with Crippen molar-refractivity contribution in [2.45, 2.75) is 147 Å². The van der Waals surface area contributed by atoms with E-state index in [9.17, 15) is 43.8 Å². The number of rotatable bonds is 30. The van der Waals surface area contributed by atoms with Crippen molar-refractivity contribution in [3.8, 4) is 0 Å². The molecule has 0 rings (SSSR count). The third kappa shape index (κ3) is 24.1. The van der Waals surface area contributed by atoms with Gasteiger partial charge in [-0.15, -0.1) is 12.6 Å². The summed E-state index contributed by atoms with van der Waals surface area (Å²) in [4.78, 5) is 81.2. The monoisotopic (exact) mass is 675 g/mol. The van der Waals surface area contributed by atoms with E-state index < -0.39 is 65.5 Å². The van der Waals surface area contributed by atoms with Gasteiger partial charge in [-0.1, -0.05) is 77.0 Å². The molecule has 7 N–H and O–H groups in total. The lowest BCUT2D eigenvalue weighted by Crippen LogP contribution is -2.45. The first-order chi connectivity index (χ1) is 21.9. The Balaban J connectivity index is 4.11. The average molecular weight is 676 g/mol. The van der Waals surface area contributed by atoms with Crippen LogP contribution >= 0.6 is 12.6 Å². The number of aliphatic hydroxyl groups is 1. The molecule has 3 atom stereocenters. The van der Waals surface area contributed by atoms with E-state index in [-0.39, 0.29) is 38.5 Å². The van der Waals surface area contributed by atoms with Crippen LogP contribution in [-0.4, -0.2) is 85.9 Å². The van der Waals surface area contributed by atoms with Crippen LogP contribution in [0, 0.1) is 0 Å². The van der Waals surface area contributed by atoms with Gasteiger partial charge in [-0.25, -0.2) is 9.59 Å². The van der Waals surface area contributed by atoms with Crippen LogP contribution in [0.15, 0.2) is 0 Å². The quantitative estimate of drug-likeness (QED) is 0.0407. The number of aliphatic carboxylic acids is 3. The van der Waals surface area contributed by atoms with Gasteiger partial charge in [-0.05, 0) is 25.7 Å². The lowest BCUT2D eigenvalue weighted by atomic mass is 10.0. The topological polar surface area (TPSA) is 236 Å². The molecule has 0 bridgehead atoms. The van der Waals surface area contributed by atoms with Crippen molar-refractivity contribution in [2.24, 2.45) is 0 Å². The molecule has 0 aromatic carbocycles. The van der Waals surface area contributed by atoms with Gasteiger partial charge in [0, 0.05) is 25.7 Å². The molecular weight excluding hydrogens is 622 g/mol. The molecule has 0 aliphatic heterocycles. The second-order valence-corrected chi connectivity index (χ2v) is 11.9. The summed E-state index contributed by atoms with van der Waals surface area (Å²) in [6, 6.07) is -4.01. The zero-order valence-electron chi connectivity index (χ0n) is 26.7. The van der Waals surface area contributed by atoms with Crippen molar-refractivity contribution in [3.05, 3.63) is 0 Å². The van der Waals surface area contributed by atoms with E-state index in [1.165, 1.54) is 32.1 Å². The zero-order valence-corrected chi connectivity index (χ0v) is 27.6. The maximum Gasteiger partial charge on any atom is 0.326 e. The average Bonchev–Trinajstić information content (AvgIpc) is 2.99. The summed E-state index contributed by atoms with van der Waals surface area (Å²) in [5, 5.41) is 42.5. The van der Waals surface area contributed by atoms with E-state index >= 15 is 0 Å². The molecule has 0 spiro atoms. The van der Waals surface area contributed by atoms with E-state index in [0.717, 1.165) is 51.4 Å². The third-order valence-corrected chi connectivity index (χ3v) is 7.76. The minimum atomic E-state index is -1.45. The molecular formula is C31H53N3O11S. The molecule has 46 heavy (non-hydrogen) atoms. The number of aliphatic hydroxyl groups excluding tert-OH is 1. The maximum absolute atomic E-state index is 12.3. The standard InChI is InChI=1S/C31H53N3O11S/c35-21-24(31(45)46)34-27(38)20-18-23(30(43)44)33-26(37)19-17-22(29(41)42)32-25(36)15-13-11-9-7-5-3-1-2-4-6-8-10-12-14-16-28(39)40/h22-24,35H,1-21H2,(H,32,36)(H,33,37)(H,34,38)(H,39,40)(H,41,42)(H,43,44)(H,45,46)/t22-,23?,24?/m0/s1. The molecule has 0 radical (unpaired) electrons. The van der Waals surface area contributed by atoms with E-state index in [1.807, 2.05) is 0 Å². The van der Waals surface area contributed by atoms with Crippen molar-refractivity contribution in [3.63, 3.8) is 0 Å². The van der Waals surface area contributed by atoms with E-state index in [2.05, 4.69) is 28.6 Å². The molecule has 3 amide bonds. The van der Waals surface area contributed by atoms with Gasteiger partial charge in [0.1, 0.15) is 18.1 Å². The van der Waals surface area contributed by atoms with Crippen LogP contribution in [0.25, 0.3) is 0 Å². The molecule has 0 fully saturated rings. The second kappa shape index (κ2) is 27.0. The Morgan fingerprint density at radius 1 is 0.457 bits per heavy atom. The molecule has 2 unspecified atom stereocenters. The molecule has 264 valence electrons. The van der Waals surface area contributed by atoms with Crippen molar-refractivity contribution >= 4 is 53.4 Å². The summed E-state index contributed by atoms with van der Waals surface area (Å²) in [5.41, 5.74) is 0. The fourth-order valence-electron chi connectivity index (χ4n) is 4.73. The smallest absolute Gasteiger partial charge is 0.326 e. The number of nitrogens with one attached hydrogen (secondary N) is 3. The van der Waals surface area contributed by atoms with Crippen LogP contribution < -0.4 is 16.0 Å². The molecule has 0 aromatic heterocycles. The molecule has 0 saturated heterocycles. The fourth-order valence-corrected chi connectivity index (χ4v) is 4.88. The predicted octanol–water partition coefficient (Wildman–Crippen LogP) is 2.95. The van der Waals surface area contributed by atoms with Gasteiger partial charge < -0.3 is 36.4 Å². The molecule has 14 nitrogen and oxygen atoms in total. The number of carboxylic acid groups (broad SMARTS) is 3. The maximum atomic E-state index is 12.3. The second-order valence-electron chi connectivity index (χ2n) is 11.5. The highest BCUT2D eigenvalue weighted by Crippen LogP contribution is 2.14. The van der Waals surface area contributed by atoms with Gasteiger partial charge >= 0.3 is 17.9 Å². The first kappa shape index (κ1) is 42.8. The summed E-state index contributed by atoms with van der Waals surface area (Å²) >= 11 is 3.52. The number of amides is 3. The minimum Gasteiger partial charge on any atom is -0.481 e. The molecule has 0 aliphatic carbocycles. The van der Waals surface area contributed by atoms with Crippen LogP contribution in [0.4, 0.5) is 0 Å². The Hall–Kier alpha value is -3.20. The van der Waals surface area contributed by atoms with Crippen molar-refractivity contribution < 1.29 is 54.0 Å². The zero-order chi connectivity index (χ0) is 34.7. The molecule has 0 aromatic rings. The Kier molecular flexibility index (Phi) is 25.1. The number of unbranched alkanes of at least 4 members (excludes halogenated alkanes) is 13. The minimum absolute atomic E-state index is 0.158. The van der Waals surface area contributed by atoms with E-state index in [0.29, 0.717) is 6.42 Å². The lowest BCUT2D eigenvalue weighted by Gasteiger charge is -2.17. The van der Waals surface area contributed by atoms with Crippen LogP contribution in [0.1, 0.15) is 128 Å². The first-order valence-electron chi connectivity index (χ1n) is 16.3. The fraction of sp³-hybridized carbons (Fsp3) is 0.774. The Labute approximate surface area is 276 Å². The molecule has 0 heterocycles. The normalized spacial score (nSPS) is 12.8. The van der Waals surface area contributed by atoms with Crippen molar-refractivity contribution in [1.29, 1.82) is 0 Å². The summed E-state index contributed by atoms with van der Waals surface area (Å²) in [6.45, 7) is -0.682. The van der Waals surface area contributed by atoms with Crippen molar-refractivity contribution in [2.75, 3.05) is 6.61 Å². The van der Waals surface area contributed by atoms with Gasteiger partial charge in [-0.2, -0.15) is 0 Å². The third-order valence-electron chi connectivity index (χ3n) is 7.45. The highest BCUT2D eigenvalue weighted by atomic mass is 32.1. The van der Waals surface area contributed by atoms with Crippen LogP contribution in [0.2, 0.25) is 0 Å². The number of carboxylic acids is 3. The summed E-state index contributed by atoms with van der Waals surface area (Å²) in [7, 11) is 0. The number of hydrogen-bond donors (Lipinski definition) is 8. The van der Waals surface area contributed by atoms with Gasteiger partial charge in [0.25, 0.3) is 0 Å². The Bertz CT molecular complexity index is 964. The van der Waals surface area contributed by atoms with Crippen molar-refractivity contribution in [1.82, 2.24) is 16.0 Å². The summed E-state index contributed by atoms with van der Waals surface area (Å²) in [6.07, 6.45) is 13.7. The van der Waals surface area contributed by atoms with E-state index in [4.69, 9.17) is 10.2 Å². The van der Waals surface area contributed by atoms with E-state index in [1.54, 1.807) is 0 Å². The van der Waals surface area contributed by atoms with Crippen LogP contribution in [-0.2, 0) is 33.6 Å². The summed E-state index contributed by atoms with van der Waals surface area (Å²) < 4.78 is 0.